The first-order chi connectivity index (χ1) is 7.00. The Morgan fingerprint density at radius 1 is 1.27 bits per heavy atom. The van der Waals surface area contributed by atoms with Crippen LogP contribution in [-0.2, 0) is 0 Å². The Morgan fingerprint density at radius 3 is 2.47 bits per heavy atom. The van der Waals surface area contributed by atoms with Crippen molar-refractivity contribution in [3.8, 4) is 5.75 Å². The van der Waals surface area contributed by atoms with Crippen LogP contribution in [0.4, 0.5) is 5.69 Å². The van der Waals surface area contributed by atoms with E-state index in [0.717, 1.165) is 6.54 Å². The summed E-state index contributed by atoms with van der Waals surface area (Å²) in [7, 11) is 3.95. The summed E-state index contributed by atoms with van der Waals surface area (Å²) in [5, 5.41) is 0.889. The van der Waals surface area contributed by atoms with Crippen molar-refractivity contribution in [3.05, 3.63) is 22.2 Å². The second-order valence-electron chi connectivity index (χ2n) is 3.46. The lowest BCUT2D eigenvalue weighted by Gasteiger charge is -2.13. The zero-order valence-electron chi connectivity index (χ0n) is 8.76. The maximum Gasteiger partial charge on any atom is 0.143 e. The molecule has 0 unspecified atom stereocenters. The summed E-state index contributed by atoms with van der Waals surface area (Å²) >= 11 is 11.6. The number of hydrogen-bond acceptors (Lipinski definition) is 3. The van der Waals surface area contributed by atoms with Crippen LogP contribution in [0.15, 0.2) is 12.1 Å². The molecule has 1 aromatic carbocycles. The number of hydrogen-bond donors (Lipinski definition) is 1. The highest BCUT2D eigenvalue weighted by Crippen LogP contribution is 2.32. The topological polar surface area (TPSA) is 38.5 Å². The Balaban J connectivity index is 2.65. The van der Waals surface area contributed by atoms with Gasteiger partial charge >= 0.3 is 0 Å². The van der Waals surface area contributed by atoms with Gasteiger partial charge in [-0.2, -0.15) is 0 Å². The molecular weight excluding hydrogens is 235 g/mol. The molecule has 0 bridgehead atoms. The largest absolute Gasteiger partial charge is 0.490 e. The van der Waals surface area contributed by atoms with Gasteiger partial charge in [0, 0.05) is 12.6 Å². The van der Waals surface area contributed by atoms with Crippen molar-refractivity contribution in [2.24, 2.45) is 0 Å². The Labute approximate surface area is 99.7 Å². The second kappa shape index (κ2) is 5.45. The molecule has 5 heteroatoms. The van der Waals surface area contributed by atoms with E-state index >= 15 is 0 Å². The van der Waals surface area contributed by atoms with Gasteiger partial charge in [-0.3, -0.25) is 0 Å². The summed E-state index contributed by atoms with van der Waals surface area (Å²) in [5.41, 5.74) is 6.23. The first-order valence-corrected chi connectivity index (χ1v) is 5.28. The standard InChI is InChI=1S/C10H14Cl2N2O/c1-14(2)3-4-15-10-6-8(12)7(11)5-9(10)13/h5-6H,3-4,13H2,1-2H3. The summed E-state index contributed by atoms with van der Waals surface area (Å²) < 4.78 is 5.47. The fourth-order valence-corrected chi connectivity index (χ4v) is 1.33. The van der Waals surface area contributed by atoms with Gasteiger partial charge in [-0.15, -0.1) is 0 Å². The average Bonchev–Trinajstić information content (AvgIpc) is 2.13. The predicted octanol–water partition coefficient (Wildman–Crippen LogP) is 2.52. The van der Waals surface area contributed by atoms with Crippen LogP contribution in [0.3, 0.4) is 0 Å². The summed E-state index contributed by atoms with van der Waals surface area (Å²) in [6.07, 6.45) is 0. The fourth-order valence-electron chi connectivity index (χ4n) is 1.01. The number of benzene rings is 1. The van der Waals surface area contributed by atoms with E-state index in [1.807, 2.05) is 19.0 Å². The van der Waals surface area contributed by atoms with Crippen LogP contribution in [0.1, 0.15) is 0 Å². The summed E-state index contributed by atoms with van der Waals surface area (Å²) in [4.78, 5) is 2.02. The molecule has 0 spiro atoms. The molecule has 0 aliphatic heterocycles. The van der Waals surface area contributed by atoms with Crippen molar-refractivity contribution < 1.29 is 4.74 Å². The molecule has 0 saturated carbocycles. The molecule has 0 aliphatic carbocycles. The number of nitrogen functional groups attached to an aromatic ring is 1. The van der Waals surface area contributed by atoms with Crippen LogP contribution in [0.2, 0.25) is 10.0 Å². The number of rotatable bonds is 4. The number of halogens is 2. The Bertz CT molecular complexity index is 342. The molecule has 15 heavy (non-hydrogen) atoms. The number of ether oxygens (including phenoxy) is 1. The van der Waals surface area contributed by atoms with Gasteiger partial charge in [0.1, 0.15) is 12.4 Å². The van der Waals surface area contributed by atoms with Crippen LogP contribution < -0.4 is 10.5 Å². The van der Waals surface area contributed by atoms with Crippen molar-refractivity contribution in [2.45, 2.75) is 0 Å². The van der Waals surface area contributed by atoms with Crippen molar-refractivity contribution in [3.63, 3.8) is 0 Å². The predicted molar refractivity (Wildman–Crippen MR) is 64.9 cm³/mol. The van der Waals surface area contributed by atoms with E-state index in [-0.39, 0.29) is 0 Å². The van der Waals surface area contributed by atoms with Gasteiger partial charge in [-0.25, -0.2) is 0 Å². The van der Waals surface area contributed by atoms with Crippen LogP contribution in [0.25, 0.3) is 0 Å². The quantitative estimate of drug-likeness (QED) is 0.833. The first-order valence-electron chi connectivity index (χ1n) is 4.52. The monoisotopic (exact) mass is 248 g/mol. The lowest BCUT2D eigenvalue weighted by atomic mass is 10.3. The molecule has 0 aliphatic rings. The van der Waals surface area contributed by atoms with Crippen LogP contribution in [-0.4, -0.2) is 32.1 Å². The fraction of sp³-hybridized carbons (Fsp3) is 0.400. The molecule has 0 fully saturated rings. The van der Waals surface area contributed by atoms with E-state index < -0.39 is 0 Å². The van der Waals surface area contributed by atoms with Crippen LogP contribution in [0, 0.1) is 0 Å². The van der Waals surface area contributed by atoms with E-state index in [1.54, 1.807) is 12.1 Å². The molecule has 2 N–H and O–H groups in total. The van der Waals surface area contributed by atoms with E-state index in [2.05, 4.69) is 0 Å². The van der Waals surface area contributed by atoms with E-state index in [1.165, 1.54) is 0 Å². The molecule has 0 radical (unpaired) electrons. The molecule has 1 aromatic rings. The van der Waals surface area contributed by atoms with Crippen molar-refractivity contribution in [2.75, 3.05) is 33.0 Å². The second-order valence-corrected chi connectivity index (χ2v) is 4.27. The van der Waals surface area contributed by atoms with Gasteiger partial charge in [0.25, 0.3) is 0 Å². The van der Waals surface area contributed by atoms with Crippen molar-refractivity contribution in [1.82, 2.24) is 4.90 Å². The van der Waals surface area contributed by atoms with E-state index in [0.29, 0.717) is 28.1 Å². The molecule has 0 saturated heterocycles. The average molecular weight is 249 g/mol. The zero-order valence-corrected chi connectivity index (χ0v) is 10.3. The SMILES string of the molecule is CN(C)CCOc1cc(Cl)c(Cl)cc1N. The van der Waals surface area contributed by atoms with Crippen molar-refractivity contribution in [1.29, 1.82) is 0 Å². The number of nitrogens with zero attached hydrogens (tertiary/aromatic N) is 1. The minimum absolute atomic E-state index is 0.439. The minimum Gasteiger partial charge on any atom is -0.490 e. The third-order valence-electron chi connectivity index (χ3n) is 1.85. The molecular formula is C10H14Cl2N2O. The number of likely N-dealkylation sites (N-methyl/N-ethyl adjacent to an activating group) is 1. The van der Waals surface area contributed by atoms with Crippen LogP contribution >= 0.6 is 23.2 Å². The molecule has 0 heterocycles. The molecule has 84 valence electrons. The Kier molecular flexibility index (Phi) is 4.51. The molecule has 1 rings (SSSR count). The smallest absolute Gasteiger partial charge is 0.143 e. The third kappa shape index (κ3) is 3.78. The van der Waals surface area contributed by atoms with Crippen LogP contribution in [0.5, 0.6) is 5.75 Å². The van der Waals surface area contributed by atoms with Crippen molar-refractivity contribution >= 4 is 28.9 Å². The Hall–Kier alpha value is -0.640. The maximum absolute atomic E-state index is 5.85. The minimum atomic E-state index is 0.439. The first kappa shape index (κ1) is 12.4. The van der Waals surface area contributed by atoms with Gasteiger partial charge in [0.15, 0.2) is 0 Å². The van der Waals surface area contributed by atoms with Gasteiger partial charge in [-0.05, 0) is 20.2 Å². The Morgan fingerprint density at radius 2 is 1.87 bits per heavy atom. The summed E-state index contributed by atoms with van der Waals surface area (Å²) in [5.74, 6) is 0.575. The van der Waals surface area contributed by atoms with Gasteiger partial charge in [0.05, 0.1) is 15.7 Å². The number of anilines is 1. The van der Waals surface area contributed by atoms with Gasteiger partial charge < -0.3 is 15.4 Å². The summed E-state index contributed by atoms with van der Waals surface area (Å²) in [6, 6.07) is 3.23. The lowest BCUT2D eigenvalue weighted by molar-refractivity contribution is 0.262. The normalized spacial score (nSPS) is 10.7. The zero-order chi connectivity index (χ0) is 11.4. The van der Waals surface area contributed by atoms with E-state index in [9.17, 15) is 0 Å². The van der Waals surface area contributed by atoms with Gasteiger partial charge in [-0.1, -0.05) is 23.2 Å². The maximum atomic E-state index is 5.85. The molecule has 0 atom stereocenters. The third-order valence-corrected chi connectivity index (χ3v) is 2.57. The van der Waals surface area contributed by atoms with Gasteiger partial charge in [0.2, 0.25) is 0 Å². The molecule has 3 nitrogen and oxygen atoms in total. The summed E-state index contributed by atoms with van der Waals surface area (Å²) in [6.45, 7) is 1.38. The molecule has 0 amide bonds. The highest BCUT2D eigenvalue weighted by Gasteiger charge is 2.05. The molecule has 0 aromatic heterocycles. The highest BCUT2D eigenvalue weighted by atomic mass is 35.5. The highest BCUT2D eigenvalue weighted by molar-refractivity contribution is 6.42. The lowest BCUT2D eigenvalue weighted by Crippen LogP contribution is -2.19. The number of nitrogens with two attached hydrogens (primary N) is 1. The van der Waals surface area contributed by atoms with E-state index in [4.69, 9.17) is 33.7 Å².